The van der Waals surface area contributed by atoms with E-state index in [0.29, 0.717) is 11.5 Å². The number of fused-ring (bicyclic) bond motifs is 1. The molecule has 1 amide bonds. The van der Waals surface area contributed by atoms with Gasteiger partial charge in [0.2, 0.25) is 0 Å². The van der Waals surface area contributed by atoms with E-state index in [-0.39, 0.29) is 12.0 Å². The van der Waals surface area contributed by atoms with E-state index in [1.807, 2.05) is 24.3 Å². The van der Waals surface area contributed by atoms with Crippen LogP contribution >= 0.6 is 0 Å². The molecule has 3 rings (SSSR count). The fourth-order valence-corrected chi connectivity index (χ4v) is 2.76. The molecule has 0 aliphatic heterocycles. The number of aryl methyl sites for hydroxylation is 2. The molecule has 7 nitrogen and oxygen atoms in total. The number of aromatic nitrogens is 2. The lowest BCUT2D eigenvalue weighted by Crippen LogP contribution is -2.42. The van der Waals surface area contributed by atoms with E-state index in [2.05, 4.69) is 15.5 Å². The summed E-state index contributed by atoms with van der Waals surface area (Å²) in [6, 6.07) is 6.56. The minimum Gasteiger partial charge on any atom is -0.480 e. The number of H-pyrrole nitrogens is 1. The molecular weight excluding hydrogens is 310 g/mol. The third-order valence-corrected chi connectivity index (χ3v) is 3.96. The monoisotopic (exact) mass is 327 g/mol. The van der Waals surface area contributed by atoms with Crippen molar-refractivity contribution in [3.8, 4) is 0 Å². The third-order valence-electron chi connectivity index (χ3n) is 3.96. The Hall–Kier alpha value is -3.09. The summed E-state index contributed by atoms with van der Waals surface area (Å²) < 4.78 is 4.96. The number of nitrogens with zero attached hydrogens (tertiary/aromatic N) is 1. The average molecular weight is 327 g/mol. The Bertz CT molecular complexity index is 890. The Labute approximate surface area is 137 Å². The Morgan fingerprint density at radius 2 is 2.08 bits per heavy atom. The van der Waals surface area contributed by atoms with Crippen LogP contribution in [0.15, 0.2) is 35.0 Å². The van der Waals surface area contributed by atoms with Crippen LogP contribution in [-0.2, 0) is 11.2 Å². The van der Waals surface area contributed by atoms with Crippen LogP contribution in [0.25, 0.3) is 10.9 Å². The minimum absolute atomic E-state index is 0.175. The maximum absolute atomic E-state index is 12.4. The standard InChI is InChI=1S/C17H17N3O4/c1-9-15(10(2)24-20-9)16(21)19-14(17(22)23)7-11-8-18-13-6-4-3-5-12(11)13/h3-6,8,14,18H,7H2,1-2H3,(H,19,21)(H,22,23)/t14-/m0/s1. The van der Waals surface area contributed by atoms with Gasteiger partial charge in [-0.1, -0.05) is 23.4 Å². The van der Waals surface area contributed by atoms with Crippen LogP contribution in [0.5, 0.6) is 0 Å². The molecule has 3 N–H and O–H groups in total. The molecule has 0 aliphatic carbocycles. The molecule has 0 saturated carbocycles. The first-order valence-corrected chi connectivity index (χ1v) is 7.49. The summed E-state index contributed by atoms with van der Waals surface area (Å²) in [5.41, 5.74) is 2.46. The summed E-state index contributed by atoms with van der Waals surface area (Å²) >= 11 is 0. The molecule has 0 unspecified atom stereocenters. The Morgan fingerprint density at radius 1 is 1.33 bits per heavy atom. The maximum Gasteiger partial charge on any atom is 0.326 e. The van der Waals surface area contributed by atoms with E-state index < -0.39 is 17.9 Å². The fourth-order valence-electron chi connectivity index (χ4n) is 2.76. The van der Waals surface area contributed by atoms with E-state index in [9.17, 15) is 14.7 Å². The summed E-state index contributed by atoms with van der Waals surface area (Å²) in [6.07, 6.45) is 1.94. The fraction of sp³-hybridized carbons (Fsp3) is 0.235. The molecule has 1 aromatic carbocycles. The van der Waals surface area contributed by atoms with Crippen molar-refractivity contribution in [2.75, 3.05) is 0 Å². The second-order valence-electron chi connectivity index (χ2n) is 5.63. The molecule has 2 heterocycles. The Morgan fingerprint density at radius 3 is 2.75 bits per heavy atom. The normalized spacial score (nSPS) is 12.2. The van der Waals surface area contributed by atoms with Gasteiger partial charge in [0, 0.05) is 23.5 Å². The second-order valence-corrected chi connectivity index (χ2v) is 5.63. The van der Waals surface area contributed by atoms with Crippen LogP contribution in [0, 0.1) is 13.8 Å². The van der Waals surface area contributed by atoms with Crippen molar-refractivity contribution in [1.29, 1.82) is 0 Å². The van der Waals surface area contributed by atoms with Gasteiger partial charge in [-0.2, -0.15) is 0 Å². The Balaban J connectivity index is 1.83. The van der Waals surface area contributed by atoms with Crippen molar-refractivity contribution < 1.29 is 19.2 Å². The molecule has 0 aliphatic rings. The summed E-state index contributed by atoms with van der Waals surface area (Å²) in [5, 5.41) is 16.7. The lowest BCUT2D eigenvalue weighted by Gasteiger charge is -2.14. The van der Waals surface area contributed by atoms with Gasteiger partial charge >= 0.3 is 5.97 Å². The zero-order valence-corrected chi connectivity index (χ0v) is 13.3. The predicted octanol–water partition coefficient (Wildman–Crippen LogP) is 2.20. The van der Waals surface area contributed by atoms with Crippen LogP contribution in [0.4, 0.5) is 0 Å². The minimum atomic E-state index is -1.10. The van der Waals surface area contributed by atoms with E-state index in [1.54, 1.807) is 20.0 Å². The SMILES string of the molecule is Cc1noc(C)c1C(=O)N[C@@H](Cc1c[nH]c2ccccc12)C(=O)O. The number of hydrogen-bond donors (Lipinski definition) is 3. The Kier molecular flexibility index (Phi) is 4.07. The van der Waals surface area contributed by atoms with Crippen molar-refractivity contribution in [2.45, 2.75) is 26.3 Å². The largest absolute Gasteiger partial charge is 0.480 e. The van der Waals surface area contributed by atoms with Crippen LogP contribution in [0.2, 0.25) is 0 Å². The smallest absolute Gasteiger partial charge is 0.326 e. The highest BCUT2D eigenvalue weighted by Gasteiger charge is 2.25. The van der Waals surface area contributed by atoms with Gasteiger partial charge in [-0.15, -0.1) is 0 Å². The number of aromatic amines is 1. The number of amides is 1. The molecule has 0 spiro atoms. The molecule has 24 heavy (non-hydrogen) atoms. The van der Waals surface area contributed by atoms with Gasteiger partial charge in [0.05, 0.1) is 5.69 Å². The van der Waals surface area contributed by atoms with Crippen molar-refractivity contribution in [2.24, 2.45) is 0 Å². The zero-order valence-electron chi connectivity index (χ0n) is 13.3. The van der Waals surface area contributed by atoms with Gasteiger partial charge in [0.25, 0.3) is 5.91 Å². The summed E-state index contributed by atoms with van der Waals surface area (Å²) in [4.78, 5) is 27.0. The van der Waals surface area contributed by atoms with E-state index in [0.717, 1.165) is 16.5 Å². The molecule has 7 heteroatoms. The first kappa shape index (κ1) is 15.8. The van der Waals surface area contributed by atoms with Gasteiger partial charge in [0.15, 0.2) is 0 Å². The molecule has 0 fully saturated rings. The maximum atomic E-state index is 12.4. The van der Waals surface area contributed by atoms with Crippen molar-refractivity contribution >= 4 is 22.8 Å². The molecule has 0 saturated heterocycles. The summed E-state index contributed by atoms with van der Waals surface area (Å²) in [5.74, 6) is -1.24. The molecule has 0 radical (unpaired) electrons. The number of para-hydroxylation sites is 1. The third kappa shape index (κ3) is 2.88. The van der Waals surface area contributed by atoms with Gasteiger partial charge in [-0.25, -0.2) is 4.79 Å². The zero-order chi connectivity index (χ0) is 17.3. The number of rotatable bonds is 5. The number of hydrogen-bond acceptors (Lipinski definition) is 4. The highest BCUT2D eigenvalue weighted by atomic mass is 16.5. The van der Waals surface area contributed by atoms with Crippen LogP contribution in [-0.4, -0.2) is 33.2 Å². The van der Waals surface area contributed by atoms with Gasteiger partial charge in [-0.05, 0) is 25.5 Å². The van der Waals surface area contributed by atoms with Crippen LogP contribution in [0.1, 0.15) is 27.4 Å². The van der Waals surface area contributed by atoms with E-state index in [1.165, 1.54) is 0 Å². The van der Waals surface area contributed by atoms with Crippen molar-refractivity contribution in [3.63, 3.8) is 0 Å². The average Bonchev–Trinajstić information content (AvgIpc) is 3.10. The molecule has 3 aromatic rings. The van der Waals surface area contributed by atoms with Gasteiger partial charge < -0.3 is 19.9 Å². The number of carbonyl (C=O) groups is 2. The molecule has 1 atom stereocenters. The number of carbonyl (C=O) groups excluding carboxylic acids is 1. The van der Waals surface area contributed by atoms with E-state index in [4.69, 9.17) is 4.52 Å². The van der Waals surface area contributed by atoms with Gasteiger partial charge in [0.1, 0.15) is 17.4 Å². The van der Waals surface area contributed by atoms with Crippen LogP contribution < -0.4 is 5.32 Å². The predicted molar refractivity (Wildman–Crippen MR) is 86.9 cm³/mol. The summed E-state index contributed by atoms with van der Waals surface area (Å²) in [7, 11) is 0. The second kappa shape index (κ2) is 6.19. The molecule has 0 bridgehead atoms. The van der Waals surface area contributed by atoms with Gasteiger partial charge in [-0.3, -0.25) is 4.79 Å². The molecule has 124 valence electrons. The number of aliphatic carboxylic acids is 1. The highest BCUT2D eigenvalue weighted by molar-refractivity contribution is 5.98. The first-order valence-electron chi connectivity index (χ1n) is 7.49. The van der Waals surface area contributed by atoms with E-state index >= 15 is 0 Å². The van der Waals surface area contributed by atoms with Crippen molar-refractivity contribution in [1.82, 2.24) is 15.5 Å². The quantitative estimate of drug-likeness (QED) is 0.666. The van der Waals surface area contributed by atoms with Crippen molar-refractivity contribution in [3.05, 3.63) is 53.0 Å². The summed E-state index contributed by atoms with van der Waals surface area (Å²) in [6.45, 7) is 3.26. The lowest BCUT2D eigenvalue weighted by atomic mass is 10.0. The topological polar surface area (TPSA) is 108 Å². The lowest BCUT2D eigenvalue weighted by molar-refractivity contribution is -0.139. The number of nitrogens with one attached hydrogen (secondary N) is 2. The van der Waals surface area contributed by atoms with Crippen LogP contribution in [0.3, 0.4) is 0 Å². The number of benzene rings is 1. The first-order chi connectivity index (χ1) is 11.5. The highest BCUT2D eigenvalue weighted by Crippen LogP contribution is 2.19. The number of carboxylic acid groups (broad SMARTS) is 1. The molecule has 2 aromatic heterocycles. The number of carboxylic acids is 1. The molecular formula is C17H17N3O4.